The molecule has 4 nitrogen and oxygen atoms in total. The van der Waals surface area contributed by atoms with Gasteiger partial charge in [0.05, 0.1) is 11.3 Å². The van der Waals surface area contributed by atoms with Crippen molar-refractivity contribution in [3.8, 4) is 21.7 Å². The molecule has 0 unspecified atom stereocenters. The molecule has 0 aliphatic rings. The Bertz CT molecular complexity index is 2090. The molecular weight excluding hydrogens is 870 g/mol. The Morgan fingerprint density at radius 2 is 1.55 bits per heavy atom. The molecular formula is C44H52F3IrN2O2S-. The van der Waals surface area contributed by atoms with Crippen molar-refractivity contribution < 1.29 is 43.2 Å². The largest absolute Gasteiger partial charge is 0.512 e. The molecule has 0 atom stereocenters. The second-order valence-corrected chi connectivity index (χ2v) is 17.8. The zero-order valence-corrected chi connectivity index (χ0v) is 36.1. The minimum absolute atomic E-state index is 0. The molecule has 3 aromatic carbocycles. The van der Waals surface area contributed by atoms with Crippen molar-refractivity contribution in [3.63, 3.8) is 0 Å². The number of carbonyl (C=O) groups excluding carboxylic acids is 1. The van der Waals surface area contributed by atoms with E-state index < -0.39 is 17.7 Å². The van der Waals surface area contributed by atoms with E-state index in [1.165, 1.54) is 43.6 Å². The van der Waals surface area contributed by atoms with Crippen LogP contribution in [0, 0.1) is 31.2 Å². The molecule has 53 heavy (non-hydrogen) atoms. The van der Waals surface area contributed by atoms with Gasteiger partial charge < -0.3 is 5.11 Å². The van der Waals surface area contributed by atoms with E-state index >= 15 is 0 Å². The Morgan fingerprint density at radius 3 is 2.08 bits per heavy atom. The van der Waals surface area contributed by atoms with E-state index in [9.17, 15) is 18.0 Å². The van der Waals surface area contributed by atoms with Crippen molar-refractivity contribution in [3.05, 3.63) is 94.5 Å². The number of benzene rings is 3. The van der Waals surface area contributed by atoms with E-state index in [4.69, 9.17) is 15.1 Å². The number of aliphatic hydroxyl groups is 1. The third-order valence-corrected chi connectivity index (χ3v) is 9.89. The number of hydrogen-bond donors (Lipinski definition) is 1. The van der Waals surface area contributed by atoms with Crippen molar-refractivity contribution in [1.82, 2.24) is 9.97 Å². The summed E-state index contributed by atoms with van der Waals surface area (Å²) in [5.74, 6) is -2.20. The molecule has 0 saturated heterocycles. The van der Waals surface area contributed by atoms with Crippen LogP contribution in [-0.4, -0.2) is 27.0 Å². The minimum atomic E-state index is -4.90. The molecule has 5 rings (SSSR count). The molecule has 0 amide bonds. The molecule has 287 valence electrons. The second kappa shape index (κ2) is 17.0. The number of allylic oxidation sites excluding steroid dienone is 2. The topological polar surface area (TPSA) is 63.1 Å². The molecule has 5 aromatic rings. The molecule has 2 aromatic heterocycles. The molecule has 0 bridgehead atoms. The SMILES string of the molecule is CC(C)C/C(O)=C/C(=O)C(F)(F)F.Cc1cc(CC(C)(C)C)cc(C)c1-c1sc2c(-c3[c-]c4ccccc4c(C(C)(C)C)c3)ncnc2c1C(C)C.[Ir]. The van der Waals surface area contributed by atoms with Crippen molar-refractivity contribution in [2.45, 2.75) is 113 Å². The first-order chi connectivity index (χ1) is 24.0. The number of rotatable bonds is 7. The van der Waals surface area contributed by atoms with Crippen molar-refractivity contribution >= 4 is 38.1 Å². The Balaban J connectivity index is 0.000000464. The minimum Gasteiger partial charge on any atom is -0.512 e. The normalized spacial score (nSPS) is 12.7. The van der Waals surface area contributed by atoms with Gasteiger partial charge >= 0.3 is 6.18 Å². The number of halogens is 3. The zero-order valence-electron chi connectivity index (χ0n) is 32.9. The average molecular weight is 922 g/mol. The Kier molecular flexibility index (Phi) is 14.1. The molecule has 1 radical (unpaired) electrons. The summed E-state index contributed by atoms with van der Waals surface area (Å²) in [5, 5.41) is 11.3. The summed E-state index contributed by atoms with van der Waals surface area (Å²) >= 11 is 1.85. The maximum Gasteiger partial charge on any atom is 0.454 e. The van der Waals surface area contributed by atoms with Crippen LogP contribution in [0.2, 0.25) is 0 Å². The van der Waals surface area contributed by atoms with Crippen LogP contribution in [0.1, 0.15) is 109 Å². The Labute approximate surface area is 330 Å². The van der Waals surface area contributed by atoms with Crippen LogP contribution in [0.5, 0.6) is 0 Å². The first-order valence-electron chi connectivity index (χ1n) is 17.8. The van der Waals surface area contributed by atoms with Crippen LogP contribution < -0.4 is 0 Å². The average Bonchev–Trinajstić information content (AvgIpc) is 3.37. The molecule has 9 heteroatoms. The van der Waals surface area contributed by atoms with Gasteiger partial charge in [0.25, 0.3) is 5.78 Å². The van der Waals surface area contributed by atoms with E-state index in [1.807, 2.05) is 11.3 Å². The van der Waals surface area contributed by atoms with Crippen molar-refractivity contribution in [1.29, 1.82) is 0 Å². The summed E-state index contributed by atoms with van der Waals surface area (Å²) in [5.41, 5.74) is 11.4. The third kappa shape index (κ3) is 10.9. The van der Waals surface area contributed by atoms with Crippen LogP contribution in [0.15, 0.2) is 60.6 Å². The van der Waals surface area contributed by atoms with E-state index in [1.54, 1.807) is 20.2 Å². The predicted molar refractivity (Wildman–Crippen MR) is 211 cm³/mol. The van der Waals surface area contributed by atoms with Gasteiger partial charge in [0.1, 0.15) is 6.33 Å². The number of nitrogens with zero attached hydrogens (tertiary/aromatic N) is 2. The summed E-state index contributed by atoms with van der Waals surface area (Å²) in [6, 6.07) is 19.4. The first-order valence-corrected chi connectivity index (χ1v) is 18.6. The fraction of sp³-hybridized carbons (Fsp3) is 0.432. The van der Waals surface area contributed by atoms with Gasteiger partial charge in [-0.3, -0.25) is 9.78 Å². The van der Waals surface area contributed by atoms with E-state index in [0.717, 1.165) is 33.3 Å². The summed E-state index contributed by atoms with van der Waals surface area (Å²) in [6.45, 7) is 26.3. The first kappa shape index (κ1) is 44.0. The number of carbonyl (C=O) groups is 1. The standard InChI is InChI=1S/C36H41N2S.C8H11F3O2.Ir/c1-21(2)29-32-34(39-33(29)30-22(3)15-24(16-23(30)4)19-35(5,6)7)31(37-20-38-32)26-17-25-13-11-12-14-27(25)28(18-26)36(8,9)10;1-5(2)3-6(12)4-7(13)8(9,10)11;/h11-16,18,20-21H,19H2,1-10H3;4-5,12H,3H2,1-2H3;/q-1;;/b;6-4-;. The molecule has 2 heterocycles. The van der Waals surface area contributed by atoms with Crippen LogP contribution in [0.4, 0.5) is 13.2 Å². The van der Waals surface area contributed by atoms with Crippen LogP contribution in [0.3, 0.4) is 0 Å². The van der Waals surface area contributed by atoms with Crippen LogP contribution in [0.25, 0.3) is 42.7 Å². The number of alkyl halides is 3. The number of fused-ring (bicyclic) bond motifs is 2. The Hall–Kier alpha value is -3.39. The number of aromatic nitrogens is 2. The van der Waals surface area contributed by atoms with Crippen molar-refractivity contribution in [2.75, 3.05) is 0 Å². The number of aryl methyl sites for hydroxylation is 2. The van der Waals surface area contributed by atoms with Gasteiger partial charge in [0.2, 0.25) is 0 Å². The predicted octanol–water partition coefficient (Wildman–Crippen LogP) is 13.2. The van der Waals surface area contributed by atoms with E-state index in [-0.39, 0.29) is 49.4 Å². The monoisotopic (exact) mass is 922 g/mol. The smallest absolute Gasteiger partial charge is 0.454 e. The molecule has 1 N–H and O–H groups in total. The fourth-order valence-corrected chi connectivity index (χ4v) is 8.24. The molecule has 0 spiro atoms. The quantitative estimate of drug-likeness (QED) is 0.100. The van der Waals surface area contributed by atoms with Gasteiger partial charge in [-0.15, -0.1) is 40.5 Å². The summed E-state index contributed by atoms with van der Waals surface area (Å²) in [7, 11) is 0. The summed E-state index contributed by atoms with van der Waals surface area (Å²) < 4.78 is 36.1. The van der Waals surface area contributed by atoms with Gasteiger partial charge in [-0.05, 0) is 70.8 Å². The fourth-order valence-electron chi connectivity index (χ4n) is 6.65. The maximum atomic E-state index is 11.6. The number of thiophene rings is 1. The van der Waals surface area contributed by atoms with E-state index in [2.05, 4.69) is 118 Å². The van der Waals surface area contributed by atoms with E-state index in [0.29, 0.717) is 5.92 Å². The molecule has 0 saturated carbocycles. The number of aliphatic hydroxyl groups excluding tert-OH is 1. The van der Waals surface area contributed by atoms with Crippen LogP contribution >= 0.6 is 11.3 Å². The summed E-state index contributed by atoms with van der Waals surface area (Å²) in [4.78, 5) is 21.4. The molecule has 0 aliphatic carbocycles. The van der Waals surface area contributed by atoms with Crippen molar-refractivity contribution in [2.24, 2.45) is 11.3 Å². The molecule has 0 fully saturated rings. The zero-order chi connectivity index (χ0) is 38.9. The van der Waals surface area contributed by atoms with Gasteiger partial charge in [0, 0.05) is 47.9 Å². The van der Waals surface area contributed by atoms with Crippen LogP contribution in [-0.2, 0) is 36.7 Å². The molecule has 0 aliphatic heterocycles. The number of ketones is 1. The second-order valence-electron chi connectivity index (χ2n) is 16.7. The summed E-state index contributed by atoms with van der Waals surface area (Å²) in [6.07, 6.45) is -1.79. The maximum absolute atomic E-state index is 11.6. The van der Waals surface area contributed by atoms with Gasteiger partial charge in [-0.1, -0.05) is 111 Å². The van der Waals surface area contributed by atoms with Gasteiger partial charge in [-0.2, -0.15) is 13.2 Å². The van der Waals surface area contributed by atoms with Gasteiger partial charge in [0.15, 0.2) is 0 Å². The third-order valence-electron chi connectivity index (χ3n) is 8.67. The number of hydrogen-bond acceptors (Lipinski definition) is 5. The van der Waals surface area contributed by atoms with Gasteiger partial charge in [-0.25, -0.2) is 4.98 Å². The Morgan fingerprint density at radius 1 is 0.943 bits per heavy atom.